The lowest BCUT2D eigenvalue weighted by Crippen LogP contribution is -2.39. The number of aromatic nitrogens is 2. The Kier molecular flexibility index (Phi) is 9.81. The molecule has 1 N–H and O–H groups in total. The number of rotatable bonds is 10. The second kappa shape index (κ2) is 12.8. The van der Waals surface area contributed by atoms with E-state index in [0.29, 0.717) is 17.5 Å². The van der Waals surface area contributed by atoms with E-state index in [2.05, 4.69) is 79.0 Å². The van der Waals surface area contributed by atoms with Crippen LogP contribution in [0.5, 0.6) is 0 Å². The summed E-state index contributed by atoms with van der Waals surface area (Å²) < 4.78 is 38.4. The van der Waals surface area contributed by atoms with Gasteiger partial charge in [-0.1, -0.05) is 68.8 Å². The Labute approximate surface area is 252 Å². The highest BCUT2D eigenvalue weighted by atomic mass is 35.5. The van der Waals surface area contributed by atoms with Gasteiger partial charge in [-0.25, -0.2) is 18.3 Å². The molecule has 0 bridgehead atoms. The van der Waals surface area contributed by atoms with Crippen LogP contribution in [0, 0.1) is 5.82 Å². The van der Waals surface area contributed by atoms with Crippen LogP contribution in [-0.4, -0.2) is 35.8 Å². The van der Waals surface area contributed by atoms with E-state index in [-0.39, 0.29) is 16.4 Å². The molecule has 0 radical (unpaired) electrons. The molecular formula is C32H39ClFN3O2S2. The number of hydrogen-bond donors (Lipinski definition) is 1. The van der Waals surface area contributed by atoms with Crippen LogP contribution < -0.4 is 4.72 Å². The maximum Gasteiger partial charge on any atom is 0.141 e. The van der Waals surface area contributed by atoms with Crippen molar-refractivity contribution in [2.75, 3.05) is 12.5 Å². The van der Waals surface area contributed by atoms with Crippen LogP contribution in [0.4, 0.5) is 4.39 Å². The predicted molar refractivity (Wildman–Crippen MR) is 170 cm³/mol. The molecule has 1 unspecified atom stereocenters. The number of ether oxygens (including phenoxy) is 1. The van der Waals surface area contributed by atoms with Crippen LogP contribution in [-0.2, 0) is 15.7 Å². The highest BCUT2D eigenvalue weighted by molar-refractivity contribution is 8.34. The van der Waals surface area contributed by atoms with Gasteiger partial charge >= 0.3 is 0 Å². The fourth-order valence-corrected chi connectivity index (χ4v) is 9.51. The lowest BCUT2D eigenvalue weighted by molar-refractivity contribution is 0.155. The SMILES string of the molecule is CC(C)(C)S(=O)N[C@@H](COCS(c1ccccc1)(c1ccccc1)C(C)(C)C)c1nccn1-c1ccc(F)c(Cl)c1. The van der Waals surface area contributed by atoms with E-state index >= 15 is 0 Å². The van der Waals surface area contributed by atoms with Crippen LogP contribution in [0.1, 0.15) is 53.4 Å². The number of nitrogens with one attached hydrogen (secondary N) is 1. The molecule has 0 spiro atoms. The number of imidazole rings is 1. The van der Waals surface area contributed by atoms with Crippen molar-refractivity contribution in [2.24, 2.45) is 0 Å². The molecule has 3 aromatic carbocycles. The summed E-state index contributed by atoms with van der Waals surface area (Å²) in [6, 6.07) is 25.1. The summed E-state index contributed by atoms with van der Waals surface area (Å²) in [6.07, 6.45) is 3.45. The van der Waals surface area contributed by atoms with Gasteiger partial charge in [-0.15, -0.1) is 0 Å². The second-order valence-corrected chi connectivity index (χ2v) is 18.1. The van der Waals surface area contributed by atoms with E-state index in [1.165, 1.54) is 15.9 Å². The molecule has 0 amide bonds. The Balaban J connectivity index is 1.72. The van der Waals surface area contributed by atoms with Crippen molar-refractivity contribution < 1.29 is 13.3 Å². The highest BCUT2D eigenvalue weighted by Crippen LogP contribution is 2.70. The van der Waals surface area contributed by atoms with E-state index in [1.807, 2.05) is 37.5 Å². The first-order valence-electron chi connectivity index (χ1n) is 13.5. The molecule has 1 heterocycles. The maximum absolute atomic E-state index is 13.9. The third kappa shape index (κ3) is 6.95. The third-order valence-electron chi connectivity index (χ3n) is 6.85. The lowest BCUT2D eigenvalue weighted by atomic mass is 10.2. The predicted octanol–water partition coefficient (Wildman–Crippen LogP) is 8.45. The van der Waals surface area contributed by atoms with Gasteiger partial charge in [0.1, 0.15) is 17.7 Å². The zero-order valence-corrected chi connectivity index (χ0v) is 26.8. The third-order valence-corrected chi connectivity index (χ3v) is 13.5. The van der Waals surface area contributed by atoms with E-state index in [9.17, 15) is 8.60 Å². The van der Waals surface area contributed by atoms with Gasteiger partial charge < -0.3 is 9.30 Å². The largest absolute Gasteiger partial charge is 0.370 e. The van der Waals surface area contributed by atoms with Gasteiger partial charge in [-0.05, 0) is 73.0 Å². The normalized spacial score (nSPS) is 14.5. The van der Waals surface area contributed by atoms with Crippen molar-refractivity contribution in [3.8, 4) is 5.69 Å². The summed E-state index contributed by atoms with van der Waals surface area (Å²) >= 11 is 6.10. The minimum atomic E-state index is -1.68. The van der Waals surface area contributed by atoms with E-state index < -0.39 is 37.6 Å². The summed E-state index contributed by atoms with van der Waals surface area (Å²) in [4.78, 5) is 7.10. The van der Waals surface area contributed by atoms with Gasteiger partial charge in [-0.2, -0.15) is 10.0 Å². The first kappa shape index (κ1) is 31.4. The highest BCUT2D eigenvalue weighted by Gasteiger charge is 2.40. The molecule has 5 nitrogen and oxygen atoms in total. The number of halogens is 2. The Morgan fingerprint density at radius 2 is 1.56 bits per heavy atom. The van der Waals surface area contributed by atoms with Gasteiger partial charge in [0, 0.05) is 22.8 Å². The molecule has 0 aliphatic heterocycles. The fourth-order valence-electron chi connectivity index (χ4n) is 4.65. The average Bonchev–Trinajstić information content (AvgIpc) is 3.41. The minimum Gasteiger partial charge on any atom is -0.370 e. The summed E-state index contributed by atoms with van der Waals surface area (Å²) in [6.45, 7) is 12.8. The Bertz CT molecular complexity index is 1430. The van der Waals surface area contributed by atoms with Crippen molar-refractivity contribution in [1.82, 2.24) is 14.3 Å². The molecule has 41 heavy (non-hydrogen) atoms. The summed E-state index contributed by atoms with van der Waals surface area (Å²) in [7, 11) is -3.08. The summed E-state index contributed by atoms with van der Waals surface area (Å²) in [5.41, 5.74) is 0.653. The molecule has 0 fully saturated rings. The Hall–Kier alpha value is -2.49. The quantitative estimate of drug-likeness (QED) is 0.195. The van der Waals surface area contributed by atoms with Crippen molar-refractivity contribution in [3.63, 3.8) is 0 Å². The first-order chi connectivity index (χ1) is 19.3. The Morgan fingerprint density at radius 3 is 2.07 bits per heavy atom. The van der Waals surface area contributed by atoms with Crippen LogP contribution in [0.3, 0.4) is 0 Å². The number of nitrogens with zero attached hydrogens (tertiary/aromatic N) is 2. The molecule has 0 aliphatic rings. The van der Waals surface area contributed by atoms with Gasteiger partial charge in [0.2, 0.25) is 0 Å². The molecule has 4 aromatic rings. The van der Waals surface area contributed by atoms with Gasteiger partial charge in [0.15, 0.2) is 0 Å². The maximum atomic E-state index is 13.9. The number of hydrogen-bond acceptors (Lipinski definition) is 3. The molecule has 4 rings (SSSR count). The van der Waals surface area contributed by atoms with Crippen LogP contribution in [0.15, 0.2) is 101 Å². The molecule has 2 atom stereocenters. The van der Waals surface area contributed by atoms with Crippen molar-refractivity contribution in [3.05, 3.63) is 108 Å². The van der Waals surface area contributed by atoms with Crippen molar-refractivity contribution >= 4 is 32.6 Å². The fraction of sp³-hybridized carbons (Fsp3) is 0.344. The average molecular weight is 616 g/mol. The van der Waals surface area contributed by atoms with Gasteiger partial charge in [0.25, 0.3) is 0 Å². The molecule has 220 valence electrons. The second-order valence-electron chi connectivity index (χ2n) is 11.8. The van der Waals surface area contributed by atoms with E-state index in [0.717, 1.165) is 0 Å². The topological polar surface area (TPSA) is 56.1 Å². The van der Waals surface area contributed by atoms with Crippen LogP contribution >= 0.6 is 21.6 Å². The zero-order chi connectivity index (χ0) is 29.8. The Morgan fingerprint density at radius 1 is 0.976 bits per heavy atom. The lowest BCUT2D eigenvalue weighted by Gasteiger charge is -2.51. The molecule has 0 saturated heterocycles. The zero-order valence-electron chi connectivity index (χ0n) is 24.4. The van der Waals surface area contributed by atoms with E-state index in [4.69, 9.17) is 16.3 Å². The van der Waals surface area contributed by atoms with Crippen LogP contribution in [0.25, 0.3) is 5.69 Å². The van der Waals surface area contributed by atoms with Crippen molar-refractivity contribution in [2.45, 2.75) is 66.9 Å². The first-order valence-corrected chi connectivity index (χ1v) is 16.8. The van der Waals surface area contributed by atoms with Crippen LogP contribution in [0.2, 0.25) is 5.02 Å². The molecule has 9 heteroatoms. The monoisotopic (exact) mass is 615 g/mol. The standard InChI is InChI=1S/C32H39ClFN3O2S2/c1-31(2,3)40(38)36-29(30-35-19-20-37(30)24-17-18-28(34)27(33)21-24)22-39-23-41(32(4,5)6,25-13-9-7-10-14-25)26-15-11-8-12-16-26/h7-21,29,36H,22-23H2,1-6H3/t29-,40?/m0/s1. The molecule has 0 saturated carbocycles. The van der Waals surface area contributed by atoms with E-state index in [1.54, 1.807) is 24.5 Å². The van der Waals surface area contributed by atoms with Gasteiger partial charge in [0.05, 0.1) is 33.3 Å². The summed E-state index contributed by atoms with van der Waals surface area (Å²) in [5.74, 6) is 0.571. The number of benzene rings is 3. The van der Waals surface area contributed by atoms with Crippen molar-refractivity contribution in [1.29, 1.82) is 0 Å². The smallest absolute Gasteiger partial charge is 0.141 e. The summed E-state index contributed by atoms with van der Waals surface area (Å²) in [5, 5.41) is 0.0189. The minimum absolute atomic E-state index is 0.0189. The van der Waals surface area contributed by atoms with Gasteiger partial charge in [-0.3, -0.25) is 0 Å². The molecule has 1 aromatic heterocycles. The molecular weight excluding hydrogens is 577 g/mol. The molecule has 0 aliphatic carbocycles.